The monoisotopic (exact) mass is 253 g/mol. The first-order chi connectivity index (χ1) is 7.38. The number of fused-ring (bicyclic) bond motifs is 1. The van der Waals surface area contributed by atoms with Crippen molar-refractivity contribution in [1.82, 2.24) is 4.98 Å². The van der Waals surface area contributed by atoms with E-state index in [4.69, 9.17) is 23.2 Å². The third kappa shape index (κ3) is 2.16. The highest BCUT2D eigenvalue weighted by molar-refractivity contribution is 6.36. The molecule has 0 saturated heterocycles. The van der Waals surface area contributed by atoms with Gasteiger partial charge in [0.25, 0.3) is 0 Å². The number of benzene rings is 1. The number of halogens is 2. The molecule has 0 saturated carbocycles. The summed E-state index contributed by atoms with van der Waals surface area (Å²) < 4.78 is 0. The zero-order chi connectivity index (χ0) is 11.9. The highest BCUT2D eigenvalue weighted by atomic mass is 35.5. The first-order valence-corrected chi connectivity index (χ1v) is 5.90. The van der Waals surface area contributed by atoms with E-state index in [9.17, 15) is 0 Å². The van der Waals surface area contributed by atoms with Gasteiger partial charge in [-0.05, 0) is 28.5 Å². The van der Waals surface area contributed by atoms with Crippen LogP contribution < -0.4 is 0 Å². The second kappa shape index (κ2) is 3.90. The molecule has 2 rings (SSSR count). The molecule has 0 aliphatic heterocycles. The number of pyridine rings is 1. The predicted molar refractivity (Wildman–Crippen MR) is 70.5 cm³/mol. The van der Waals surface area contributed by atoms with E-state index in [1.807, 2.05) is 12.1 Å². The molecule has 0 spiro atoms. The second-order valence-electron chi connectivity index (χ2n) is 4.92. The maximum Gasteiger partial charge on any atom is 0.138 e. The Morgan fingerprint density at radius 1 is 1.06 bits per heavy atom. The van der Waals surface area contributed by atoms with Crippen LogP contribution in [0.1, 0.15) is 26.3 Å². The lowest BCUT2D eigenvalue weighted by atomic mass is 9.86. The number of aromatic nitrogens is 1. The van der Waals surface area contributed by atoms with E-state index in [1.165, 1.54) is 5.56 Å². The summed E-state index contributed by atoms with van der Waals surface area (Å²) in [5.74, 6) is 0. The molecule has 16 heavy (non-hydrogen) atoms. The fraction of sp³-hybridized carbons (Fsp3) is 0.308. The van der Waals surface area contributed by atoms with E-state index in [-0.39, 0.29) is 5.41 Å². The number of hydrogen-bond acceptors (Lipinski definition) is 1. The Morgan fingerprint density at radius 2 is 1.75 bits per heavy atom. The minimum Gasteiger partial charge on any atom is -0.224 e. The molecule has 0 unspecified atom stereocenters. The number of hydrogen-bond donors (Lipinski definition) is 0. The van der Waals surface area contributed by atoms with Crippen molar-refractivity contribution in [2.75, 3.05) is 0 Å². The molecule has 1 heterocycles. The van der Waals surface area contributed by atoms with E-state index in [2.05, 4.69) is 37.9 Å². The summed E-state index contributed by atoms with van der Waals surface area (Å²) in [5.41, 5.74) is 1.35. The molecular weight excluding hydrogens is 241 g/mol. The SMILES string of the molecule is CC(C)(C)c1ccc2cc(Cl)nc(Cl)c2c1. The average Bonchev–Trinajstić information content (AvgIpc) is 2.15. The van der Waals surface area contributed by atoms with Crippen molar-refractivity contribution in [2.45, 2.75) is 26.2 Å². The van der Waals surface area contributed by atoms with E-state index in [0.29, 0.717) is 10.3 Å². The van der Waals surface area contributed by atoms with Gasteiger partial charge in [-0.15, -0.1) is 0 Å². The lowest BCUT2D eigenvalue weighted by Gasteiger charge is -2.19. The molecule has 1 nitrogen and oxygen atoms in total. The standard InChI is InChI=1S/C13H13Cl2N/c1-13(2,3)9-5-4-8-6-11(14)16-12(15)10(8)7-9/h4-7H,1-3H3. The molecule has 0 fully saturated rings. The first-order valence-electron chi connectivity index (χ1n) is 5.14. The zero-order valence-electron chi connectivity index (χ0n) is 9.51. The van der Waals surface area contributed by atoms with Gasteiger partial charge >= 0.3 is 0 Å². The van der Waals surface area contributed by atoms with Gasteiger partial charge < -0.3 is 0 Å². The van der Waals surface area contributed by atoms with Gasteiger partial charge in [0.2, 0.25) is 0 Å². The van der Waals surface area contributed by atoms with Crippen molar-refractivity contribution in [2.24, 2.45) is 0 Å². The molecule has 84 valence electrons. The van der Waals surface area contributed by atoms with Gasteiger partial charge in [0.1, 0.15) is 10.3 Å². The van der Waals surface area contributed by atoms with E-state index < -0.39 is 0 Å². The Morgan fingerprint density at radius 3 is 2.38 bits per heavy atom. The van der Waals surface area contributed by atoms with Crippen LogP contribution in [0.25, 0.3) is 10.8 Å². The van der Waals surface area contributed by atoms with Crippen LogP contribution in [-0.4, -0.2) is 4.98 Å². The molecule has 0 aliphatic rings. The van der Waals surface area contributed by atoms with Gasteiger partial charge in [0.05, 0.1) is 0 Å². The molecule has 0 radical (unpaired) electrons. The Kier molecular flexibility index (Phi) is 2.85. The van der Waals surface area contributed by atoms with Crippen LogP contribution in [0.3, 0.4) is 0 Å². The van der Waals surface area contributed by atoms with Crippen LogP contribution in [0.2, 0.25) is 10.3 Å². The summed E-state index contributed by atoms with van der Waals surface area (Å²) in [7, 11) is 0. The lowest BCUT2D eigenvalue weighted by molar-refractivity contribution is 0.591. The third-order valence-electron chi connectivity index (χ3n) is 2.62. The smallest absolute Gasteiger partial charge is 0.138 e. The van der Waals surface area contributed by atoms with E-state index in [1.54, 1.807) is 0 Å². The molecule has 1 aromatic heterocycles. The summed E-state index contributed by atoms with van der Waals surface area (Å²) in [4.78, 5) is 4.06. The van der Waals surface area contributed by atoms with Crippen LogP contribution in [0.4, 0.5) is 0 Å². The molecule has 0 aliphatic carbocycles. The Bertz CT molecular complexity index is 541. The summed E-state index contributed by atoms with van der Waals surface area (Å²) in [6.07, 6.45) is 0. The van der Waals surface area contributed by atoms with Crippen LogP contribution in [0.5, 0.6) is 0 Å². The summed E-state index contributed by atoms with van der Waals surface area (Å²) >= 11 is 11.9. The topological polar surface area (TPSA) is 12.9 Å². The summed E-state index contributed by atoms with van der Waals surface area (Å²) in [6.45, 7) is 6.52. The zero-order valence-corrected chi connectivity index (χ0v) is 11.0. The highest BCUT2D eigenvalue weighted by Crippen LogP contribution is 2.30. The molecule has 0 N–H and O–H groups in total. The average molecular weight is 254 g/mol. The van der Waals surface area contributed by atoms with Crippen molar-refractivity contribution in [1.29, 1.82) is 0 Å². The predicted octanol–water partition coefficient (Wildman–Crippen LogP) is 4.84. The van der Waals surface area contributed by atoms with Gasteiger partial charge in [-0.3, -0.25) is 0 Å². The van der Waals surface area contributed by atoms with Crippen LogP contribution in [-0.2, 0) is 5.41 Å². The highest BCUT2D eigenvalue weighted by Gasteiger charge is 2.14. The van der Waals surface area contributed by atoms with E-state index in [0.717, 1.165) is 10.8 Å². The van der Waals surface area contributed by atoms with Crippen LogP contribution in [0, 0.1) is 0 Å². The van der Waals surface area contributed by atoms with Crippen molar-refractivity contribution in [3.05, 3.63) is 40.1 Å². The van der Waals surface area contributed by atoms with Gasteiger partial charge in [0, 0.05) is 5.39 Å². The number of nitrogens with zero attached hydrogens (tertiary/aromatic N) is 1. The van der Waals surface area contributed by atoms with Crippen molar-refractivity contribution < 1.29 is 0 Å². The van der Waals surface area contributed by atoms with E-state index >= 15 is 0 Å². The van der Waals surface area contributed by atoms with Crippen LogP contribution >= 0.6 is 23.2 Å². The van der Waals surface area contributed by atoms with Gasteiger partial charge in [-0.1, -0.05) is 56.1 Å². The maximum atomic E-state index is 6.09. The lowest BCUT2D eigenvalue weighted by Crippen LogP contribution is -2.10. The molecule has 0 amide bonds. The van der Waals surface area contributed by atoms with Gasteiger partial charge in [-0.2, -0.15) is 0 Å². The Balaban J connectivity index is 2.72. The molecule has 0 atom stereocenters. The van der Waals surface area contributed by atoms with Crippen molar-refractivity contribution >= 4 is 34.0 Å². The van der Waals surface area contributed by atoms with Gasteiger partial charge in [-0.25, -0.2) is 4.98 Å². The summed E-state index contributed by atoms with van der Waals surface area (Å²) in [5, 5.41) is 2.88. The van der Waals surface area contributed by atoms with Crippen LogP contribution in [0.15, 0.2) is 24.3 Å². The Labute approximate surface area is 105 Å². The first kappa shape index (κ1) is 11.7. The fourth-order valence-electron chi connectivity index (χ4n) is 1.64. The molecule has 1 aromatic carbocycles. The van der Waals surface area contributed by atoms with Gasteiger partial charge in [0.15, 0.2) is 0 Å². The van der Waals surface area contributed by atoms with Crippen molar-refractivity contribution in [3.8, 4) is 0 Å². The molecular formula is C13H13Cl2N. The fourth-order valence-corrected chi connectivity index (χ4v) is 2.14. The third-order valence-corrected chi connectivity index (χ3v) is 3.10. The Hall–Kier alpha value is -0.790. The second-order valence-corrected chi connectivity index (χ2v) is 5.67. The van der Waals surface area contributed by atoms with Crippen molar-refractivity contribution in [3.63, 3.8) is 0 Å². The molecule has 2 aromatic rings. The summed E-state index contributed by atoms with van der Waals surface area (Å²) in [6, 6.07) is 8.06. The minimum absolute atomic E-state index is 0.108. The largest absolute Gasteiger partial charge is 0.224 e. The quantitative estimate of drug-likeness (QED) is 0.613. The normalized spacial score (nSPS) is 12.1. The molecule has 0 bridgehead atoms. The minimum atomic E-state index is 0.108. The molecule has 3 heteroatoms. The number of rotatable bonds is 0. The maximum absolute atomic E-state index is 6.09.